The SMILES string of the molecule is CCCCCCCC/C=C\CCCCCCCCCC(=O)OC[C@H](COC(=O)CCCCCCCCCCCCCCCCCCCCCCC)OC(=O)CCCCCCCCCCCCC. The Hall–Kier alpha value is -1.85. The monoisotopic (exact) mass is 945 g/mol. The van der Waals surface area contributed by atoms with Crippen LogP contribution in [0.25, 0.3) is 0 Å². The van der Waals surface area contributed by atoms with Crippen LogP contribution in [0.3, 0.4) is 0 Å². The Balaban J connectivity index is 4.22. The van der Waals surface area contributed by atoms with E-state index in [0.717, 1.165) is 57.8 Å². The van der Waals surface area contributed by atoms with Gasteiger partial charge in [0.05, 0.1) is 0 Å². The Morgan fingerprint density at radius 3 is 0.746 bits per heavy atom. The van der Waals surface area contributed by atoms with E-state index < -0.39 is 6.10 Å². The molecule has 0 fully saturated rings. The maximum atomic E-state index is 12.8. The standard InChI is InChI=1S/C61H116O6/c1-4-7-10-13-16-19-22-24-26-28-29-30-31-33-35-37-40-42-45-48-51-54-60(63)66-57-58(67-61(64)55-52-49-46-43-38-21-18-15-12-9-6-3)56-65-59(62)53-50-47-44-41-39-36-34-32-27-25-23-20-17-14-11-8-5-2/h25,27,58H,4-24,26,28-57H2,1-3H3/b27-25-/t58-/m1/s1. The van der Waals surface area contributed by atoms with Crippen molar-refractivity contribution in [2.24, 2.45) is 0 Å². The molecule has 0 aliphatic carbocycles. The smallest absolute Gasteiger partial charge is 0.306 e. The summed E-state index contributed by atoms with van der Waals surface area (Å²) in [6.45, 7) is 6.69. The highest BCUT2D eigenvalue weighted by Gasteiger charge is 2.19. The van der Waals surface area contributed by atoms with Crippen molar-refractivity contribution in [1.29, 1.82) is 0 Å². The number of carbonyl (C=O) groups is 3. The molecule has 0 radical (unpaired) electrons. The van der Waals surface area contributed by atoms with Crippen LogP contribution in [0.4, 0.5) is 0 Å². The highest BCUT2D eigenvalue weighted by Crippen LogP contribution is 2.17. The van der Waals surface area contributed by atoms with Gasteiger partial charge < -0.3 is 14.2 Å². The van der Waals surface area contributed by atoms with Gasteiger partial charge >= 0.3 is 17.9 Å². The molecule has 0 rings (SSSR count). The average molecular weight is 946 g/mol. The molecule has 0 N–H and O–H groups in total. The molecule has 0 unspecified atom stereocenters. The van der Waals surface area contributed by atoms with Gasteiger partial charge in [-0.2, -0.15) is 0 Å². The summed E-state index contributed by atoms with van der Waals surface area (Å²) in [5.74, 6) is -0.845. The fourth-order valence-corrected chi connectivity index (χ4v) is 9.21. The van der Waals surface area contributed by atoms with Gasteiger partial charge in [-0.1, -0.05) is 290 Å². The van der Waals surface area contributed by atoms with Gasteiger partial charge in [0.2, 0.25) is 0 Å². The molecule has 0 heterocycles. The second-order valence-electron chi connectivity index (χ2n) is 20.6. The number of esters is 3. The summed E-state index contributed by atoms with van der Waals surface area (Å²) < 4.78 is 16.9. The van der Waals surface area contributed by atoms with Gasteiger partial charge in [-0.3, -0.25) is 14.4 Å². The number of rotatable bonds is 56. The molecule has 0 aliphatic heterocycles. The number of unbranched alkanes of at least 4 members (excludes halogenated alkanes) is 43. The molecule has 0 amide bonds. The Labute approximate surface area is 418 Å². The Morgan fingerprint density at radius 2 is 0.493 bits per heavy atom. The van der Waals surface area contributed by atoms with E-state index in [2.05, 4.69) is 32.9 Å². The molecule has 0 aliphatic rings. The van der Waals surface area contributed by atoms with Crippen molar-refractivity contribution in [2.75, 3.05) is 13.2 Å². The van der Waals surface area contributed by atoms with Crippen LogP contribution in [0.15, 0.2) is 12.2 Å². The molecule has 0 aromatic rings. The first-order valence-corrected chi connectivity index (χ1v) is 30.2. The van der Waals surface area contributed by atoms with Crippen LogP contribution in [-0.2, 0) is 28.6 Å². The number of hydrogen-bond acceptors (Lipinski definition) is 6. The Bertz CT molecular complexity index is 1040. The highest BCUT2D eigenvalue weighted by molar-refractivity contribution is 5.71. The van der Waals surface area contributed by atoms with Crippen molar-refractivity contribution in [1.82, 2.24) is 0 Å². The molecule has 0 spiro atoms. The number of ether oxygens (including phenoxy) is 3. The molecule has 396 valence electrons. The molecule has 0 saturated carbocycles. The molecular weight excluding hydrogens is 829 g/mol. The van der Waals surface area contributed by atoms with Gasteiger partial charge in [0.15, 0.2) is 6.10 Å². The van der Waals surface area contributed by atoms with E-state index in [1.54, 1.807) is 0 Å². The molecule has 67 heavy (non-hydrogen) atoms. The van der Waals surface area contributed by atoms with Crippen molar-refractivity contribution < 1.29 is 28.6 Å². The zero-order valence-electron chi connectivity index (χ0n) is 45.5. The zero-order valence-corrected chi connectivity index (χ0v) is 45.5. The number of allylic oxidation sites excluding steroid dienone is 2. The lowest BCUT2D eigenvalue weighted by Crippen LogP contribution is -2.30. The van der Waals surface area contributed by atoms with Crippen molar-refractivity contribution in [3.63, 3.8) is 0 Å². The Kier molecular flexibility index (Phi) is 55.2. The minimum absolute atomic E-state index is 0.0652. The Morgan fingerprint density at radius 1 is 0.284 bits per heavy atom. The minimum Gasteiger partial charge on any atom is -0.462 e. The molecule has 0 bridgehead atoms. The largest absolute Gasteiger partial charge is 0.462 e. The van der Waals surface area contributed by atoms with Crippen molar-refractivity contribution in [2.45, 2.75) is 348 Å². The molecule has 0 aromatic heterocycles. The zero-order chi connectivity index (χ0) is 48.6. The first-order valence-electron chi connectivity index (χ1n) is 30.2. The van der Waals surface area contributed by atoms with Crippen molar-refractivity contribution in [3.05, 3.63) is 12.2 Å². The highest BCUT2D eigenvalue weighted by atomic mass is 16.6. The summed E-state index contributed by atoms with van der Waals surface area (Å²) in [4.78, 5) is 38.1. The number of hydrogen-bond donors (Lipinski definition) is 0. The fourth-order valence-electron chi connectivity index (χ4n) is 9.21. The van der Waals surface area contributed by atoms with Crippen LogP contribution >= 0.6 is 0 Å². The van der Waals surface area contributed by atoms with E-state index in [4.69, 9.17) is 14.2 Å². The van der Waals surface area contributed by atoms with E-state index in [-0.39, 0.29) is 31.1 Å². The third kappa shape index (κ3) is 55.0. The summed E-state index contributed by atoms with van der Waals surface area (Å²) in [5.41, 5.74) is 0. The van der Waals surface area contributed by atoms with E-state index in [0.29, 0.717) is 19.3 Å². The summed E-state index contributed by atoms with van der Waals surface area (Å²) in [7, 11) is 0. The quantitative estimate of drug-likeness (QED) is 0.0262. The van der Waals surface area contributed by atoms with Crippen LogP contribution in [0, 0.1) is 0 Å². The third-order valence-electron chi connectivity index (χ3n) is 13.8. The van der Waals surface area contributed by atoms with E-state index in [9.17, 15) is 14.4 Å². The molecule has 6 heteroatoms. The van der Waals surface area contributed by atoms with Crippen molar-refractivity contribution in [3.8, 4) is 0 Å². The lowest BCUT2D eigenvalue weighted by Gasteiger charge is -2.18. The topological polar surface area (TPSA) is 78.9 Å². The van der Waals surface area contributed by atoms with Gasteiger partial charge in [0.1, 0.15) is 13.2 Å². The van der Waals surface area contributed by atoms with Gasteiger partial charge in [0, 0.05) is 19.3 Å². The van der Waals surface area contributed by atoms with E-state index in [1.165, 1.54) is 244 Å². The second kappa shape index (κ2) is 56.7. The molecular formula is C61H116O6. The van der Waals surface area contributed by atoms with Gasteiger partial charge in [-0.25, -0.2) is 0 Å². The molecule has 1 atom stereocenters. The molecule has 0 aromatic carbocycles. The summed E-state index contributed by atoms with van der Waals surface area (Å²) in [6.07, 6.45) is 65.0. The van der Waals surface area contributed by atoms with Gasteiger partial charge in [-0.15, -0.1) is 0 Å². The van der Waals surface area contributed by atoms with Gasteiger partial charge in [0.25, 0.3) is 0 Å². The van der Waals surface area contributed by atoms with Crippen LogP contribution in [-0.4, -0.2) is 37.2 Å². The summed E-state index contributed by atoms with van der Waals surface area (Å²) >= 11 is 0. The maximum Gasteiger partial charge on any atom is 0.306 e. The summed E-state index contributed by atoms with van der Waals surface area (Å²) in [6, 6.07) is 0. The van der Waals surface area contributed by atoms with Crippen molar-refractivity contribution >= 4 is 17.9 Å². The average Bonchev–Trinajstić information content (AvgIpc) is 3.33. The van der Waals surface area contributed by atoms with E-state index >= 15 is 0 Å². The predicted molar refractivity (Wildman–Crippen MR) is 289 cm³/mol. The fraction of sp³-hybridized carbons (Fsp3) is 0.918. The third-order valence-corrected chi connectivity index (χ3v) is 13.8. The number of carbonyl (C=O) groups excluding carboxylic acids is 3. The van der Waals surface area contributed by atoms with Gasteiger partial charge in [-0.05, 0) is 44.9 Å². The van der Waals surface area contributed by atoms with Crippen LogP contribution < -0.4 is 0 Å². The second-order valence-corrected chi connectivity index (χ2v) is 20.6. The summed E-state index contributed by atoms with van der Waals surface area (Å²) in [5, 5.41) is 0. The first kappa shape index (κ1) is 65.1. The molecule has 6 nitrogen and oxygen atoms in total. The lowest BCUT2D eigenvalue weighted by molar-refractivity contribution is -0.167. The minimum atomic E-state index is -0.766. The van der Waals surface area contributed by atoms with E-state index in [1.807, 2.05) is 0 Å². The van der Waals surface area contributed by atoms with Crippen LogP contribution in [0.5, 0.6) is 0 Å². The predicted octanol–water partition coefficient (Wildman–Crippen LogP) is 20.1. The first-order chi connectivity index (χ1) is 33.0. The van der Waals surface area contributed by atoms with Crippen LogP contribution in [0.1, 0.15) is 342 Å². The molecule has 0 saturated heterocycles. The maximum absolute atomic E-state index is 12.8. The van der Waals surface area contributed by atoms with Crippen LogP contribution in [0.2, 0.25) is 0 Å². The lowest BCUT2D eigenvalue weighted by atomic mass is 10.0. The normalized spacial score (nSPS) is 12.0.